The van der Waals surface area contributed by atoms with Crippen molar-refractivity contribution in [1.29, 1.82) is 0 Å². The summed E-state index contributed by atoms with van der Waals surface area (Å²) in [6.07, 6.45) is 0. The van der Waals surface area contributed by atoms with Crippen molar-refractivity contribution in [2.45, 2.75) is 25.3 Å². The van der Waals surface area contributed by atoms with E-state index < -0.39 is 10.0 Å². The molecule has 0 saturated carbocycles. The third kappa shape index (κ3) is 5.39. The monoisotopic (exact) mass is 354 g/mol. The summed E-state index contributed by atoms with van der Waals surface area (Å²) >= 11 is 12.3. The van der Waals surface area contributed by atoms with Gasteiger partial charge in [0, 0.05) is 30.3 Å². The number of ether oxygens (including phenoxy) is 1. The van der Waals surface area contributed by atoms with E-state index in [0.717, 1.165) is 6.54 Å². The summed E-state index contributed by atoms with van der Waals surface area (Å²) in [5, 5.41) is 3.67. The summed E-state index contributed by atoms with van der Waals surface area (Å²) in [5.41, 5.74) is 0.577. The highest BCUT2D eigenvalue weighted by Crippen LogP contribution is 2.30. The van der Waals surface area contributed by atoms with E-state index in [1.165, 1.54) is 12.1 Å². The number of sulfonamides is 1. The van der Waals surface area contributed by atoms with Gasteiger partial charge >= 0.3 is 0 Å². The summed E-state index contributed by atoms with van der Waals surface area (Å²) < 4.78 is 32.0. The lowest BCUT2D eigenvalue weighted by atomic mass is 10.2. The summed E-state index contributed by atoms with van der Waals surface area (Å²) in [5.74, 6) is 0. The lowest BCUT2D eigenvalue weighted by Gasteiger charge is -2.13. The van der Waals surface area contributed by atoms with Crippen molar-refractivity contribution in [2.75, 3.05) is 26.3 Å². The van der Waals surface area contributed by atoms with Crippen molar-refractivity contribution in [3.05, 3.63) is 27.7 Å². The average molecular weight is 355 g/mol. The standard InChI is InChI=1S/C13H20Cl2N2O3S/c1-3-16-9-10-11(14)5-6-12(13(10)15)21(18,19)17-7-8-20-4-2/h5-6,16-17H,3-4,7-9H2,1-2H3. The minimum Gasteiger partial charge on any atom is -0.380 e. The second-order valence-corrected chi connectivity index (χ2v) is 6.73. The zero-order valence-corrected chi connectivity index (χ0v) is 14.4. The molecule has 0 aromatic heterocycles. The molecule has 0 heterocycles. The molecule has 0 bridgehead atoms. The van der Waals surface area contributed by atoms with Gasteiger partial charge in [0.2, 0.25) is 10.0 Å². The van der Waals surface area contributed by atoms with E-state index in [1.54, 1.807) is 0 Å². The van der Waals surface area contributed by atoms with Gasteiger partial charge in [-0.1, -0.05) is 30.1 Å². The maximum absolute atomic E-state index is 12.2. The largest absolute Gasteiger partial charge is 0.380 e. The molecule has 0 aliphatic carbocycles. The minimum atomic E-state index is -3.68. The van der Waals surface area contributed by atoms with Crippen molar-refractivity contribution in [3.63, 3.8) is 0 Å². The van der Waals surface area contributed by atoms with E-state index >= 15 is 0 Å². The minimum absolute atomic E-state index is 0.0259. The number of benzene rings is 1. The van der Waals surface area contributed by atoms with Gasteiger partial charge in [-0.3, -0.25) is 0 Å². The van der Waals surface area contributed by atoms with E-state index in [9.17, 15) is 8.42 Å². The van der Waals surface area contributed by atoms with Crippen molar-refractivity contribution in [2.24, 2.45) is 0 Å². The van der Waals surface area contributed by atoms with Crippen LogP contribution in [0.1, 0.15) is 19.4 Å². The number of hydrogen-bond donors (Lipinski definition) is 2. The van der Waals surface area contributed by atoms with E-state index in [4.69, 9.17) is 27.9 Å². The zero-order valence-electron chi connectivity index (χ0n) is 12.1. The molecule has 0 aliphatic heterocycles. The van der Waals surface area contributed by atoms with Crippen molar-refractivity contribution in [3.8, 4) is 0 Å². The van der Waals surface area contributed by atoms with Crippen LogP contribution in [0.25, 0.3) is 0 Å². The summed E-state index contributed by atoms with van der Waals surface area (Å²) in [6.45, 7) is 5.97. The smallest absolute Gasteiger partial charge is 0.242 e. The highest BCUT2D eigenvalue weighted by molar-refractivity contribution is 7.89. The van der Waals surface area contributed by atoms with Crippen LogP contribution in [-0.2, 0) is 21.3 Å². The Bertz CT molecular complexity index is 565. The molecule has 5 nitrogen and oxygen atoms in total. The SMILES string of the molecule is CCNCc1c(Cl)ccc(S(=O)(=O)NCCOCC)c1Cl. The molecule has 0 aliphatic rings. The summed E-state index contributed by atoms with van der Waals surface area (Å²) in [6, 6.07) is 2.94. The first-order chi connectivity index (χ1) is 9.94. The van der Waals surface area contributed by atoms with Gasteiger partial charge in [-0.05, 0) is 25.6 Å². The molecule has 0 amide bonds. The Morgan fingerprint density at radius 1 is 1.24 bits per heavy atom. The molecule has 2 N–H and O–H groups in total. The Labute approximate surface area is 136 Å². The van der Waals surface area contributed by atoms with E-state index in [1.807, 2.05) is 13.8 Å². The molecule has 0 spiro atoms. The molecular weight excluding hydrogens is 335 g/mol. The molecular formula is C13H20Cl2N2O3S. The predicted octanol–water partition coefficient (Wildman–Crippen LogP) is 2.42. The number of rotatable bonds is 9. The molecule has 1 aromatic carbocycles. The van der Waals surface area contributed by atoms with Crippen LogP contribution >= 0.6 is 23.2 Å². The van der Waals surface area contributed by atoms with Crippen LogP contribution in [0.15, 0.2) is 17.0 Å². The number of nitrogens with one attached hydrogen (secondary N) is 2. The lowest BCUT2D eigenvalue weighted by Crippen LogP contribution is -2.28. The van der Waals surface area contributed by atoms with Gasteiger partial charge in [0.1, 0.15) is 4.90 Å². The molecule has 1 aromatic rings. The second kappa shape index (κ2) is 8.92. The molecule has 0 atom stereocenters. The molecule has 8 heteroatoms. The van der Waals surface area contributed by atoms with Crippen LogP contribution in [0.3, 0.4) is 0 Å². The fraction of sp³-hybridized carbons (Fsp3) is 0.538. The molecule has 0 radical (unpaired) electrons. The average Bonchev–Trinajstić information content (AvgIpc) is 2.43. The Kier molecular flexibility index (Phi) is 7.94. The molecule has 0 saturated heterocycles. The summed E-state index contributed by atoms with van der Waals surface area (Å²) in [4.78, 5) is 0.0259. The van der Waals surface area contributed by atoms with E-state index in [2.05, 4.69) is 10.0 Å². The first-order valence-corrected chi connectivity index (χ1v) is 8.93. The lowest BCUT2D eigenvalue weighted by molar-refractivity contribution is 0.153. The van der Waals surface area contributed by atoms with Crippen LogP contribution in [0.2, 0.25) is 10.0 Å². The fourth-order valence-electron chi connectivity index (χ4n) is 1.67. The molecule has 0 fully saturated rings. The summed E-state index contributed by atoms with van der Waals surface area (Å²) in [7, 11) is -3.68. The van der Waals surface area contributed by atoms with Gasteiger partial charge in [-0.15, -0.1) is 0 Å². The van der Waals surface area contributed by atoms with Crippen LogP contribution in [0.4, 0.5) is 0 Å². The number of halogens is 2. The zero-order chi connectivity index (χ0) is 15.9. The topological polar surface area (TPSA) is 67.4 Å². The Hall–Kier alpha value is -0.370. The predicted molar refractivity (Wildman–Crippen MR) is 85.5 cm³/mol. The second-order valence-electron chi connectivity index (χ2n) is 4.21. The van der Waals surface area contributed by atoms with Gasteiger partial charge in [0.15, 0.2) is 0 Å². The quantitative estimate of drug-likeness (QED) is 0.668. The van der Waals surface area contributed by atoms with Gasteiger partial charge in [-0.2, -0.15) is 0 Å². The van der Waals surface area contributed by atoms with Gasteiger partial charge in [0.25, 0.3) is 0 Å². The van der Waals surface area contributed by atoms with Crippen molar-refractivity contribution < 1.29 is 13.2 Å². The van der Waals surface area contributed by atoms with E-state index in [-0.39, 0.29) is 16.5 Å². The van der Waals surface area contributed by atoms with Crippen LogP contribution < -0.4 is 10.0 Å². The molecule has 1 rings (SSSR count). The van der Waals surface area contributed by atoms with Crippen LogP contribution in [-0.4, -0.2) is 34.7 Å². The Morgan fingerprint density at radius 2 is 1.95 bits per heavy atom. The third-order valence-corrected chi connectivity index (χ3v) is 5.14. The van der Waals surface area contributed by atoms with Gasteiger partial charge < -0.3 is 10.1 Å². The van der Waals surface area contributed by atoms with Crippen molar-refractivity contribution >= 4 is 33.2 Å². The molecule has 120 valence electrons. The Morgan fingerprint density at radius 3 is 2.57 bits per heavy atom. The first kappa shape index (κ1) is 18.7. The van der Waals surface area contributed by atoms with Crippen LogP contribution in [0.5, 0.6) is 0 Å². The number of hydrogen-bond acceptors (Lipinski definition) is 4. The highest BCUT2D eigenvalue weighted by Gasteiger charge is 2.21. The van der Waals surface area contributed by atoms with Gasteiger partial charge in [-0.25, -0.2) is 13.1 Å². The molecule has 21 heavy (non-hydrogen) atoms. The third-order valence-electron chi connectivity index (χ3n) is 2.73. The van der Waals surface area contributed by atoms with Gasteiger partial charge in [0.05, 0.1) is 11.6 Å². The maximum Gasteiger partial charge on any atom is 0.242 e. The molecule has 0 unspecified atom stereocenters. The van der Waals surface area contributed by atoms with Crippen molar-refractivity contribution in [1.82, 2.24) is 10.0 Å². The fourth-order valence-corrected chi connectivity index (χ4v) is 3.59. The maximum atomic E-state index is 12.2. The highest BCUT2D eigenvalue weighted by atomic mass is 35.5. The normalized spacial score (nSPS) is 11.8. The van der Waals surface area contributed by atoms with E-state index in [0.29, 0.717) is 30.3 Å². The Balaban J connectivity index is 2.96. The first-order valence-electron chi connectivity index (χ1n) is 6.69. The van der Waals surface area contributed by atoms with Crippen LogP contribution in [0, 0.1) is 0 Å².